The van der Waals surface area contributed by atoms with E-state index in [2.05, 4.69) is 11.4 Å². The quantitative estimate of drug-likeness (QED) is 0.415. The highest BCUT2D eigenvalue weighted by Crippen LogP contribution is 2.32. The van der Waals surface area contributed by atoms with Gasteiger partial charge in [0.05, 0.1) is 10.2 Å². The van der Waals surface area contributed by atoms with Gasteiger partial charge >= 0.3 is 0 Å². The van der Waals surface area contributed by atoms with E-state index < -0.39 is 0 Å². The molecule has 1 aromatic heterocycles. The van der Waals surface area contributed by atoms with Gasteiger partial charge in [0.1, 0.15) is 10.8 Å². The predicted molar refractivity (Wildman–Crippen MR) is 114 cm³/mol. The molecule has 0 aliphatic carbocycles. The summed E-state index contributed by atoms with van der Waals surface area (Å²) in [5.41, 5.74) is 4.02. The molecule has 0 bridgehead atoms. The second-order valence-corrected chi connectivity index (χ2v) is 7.79. The molecule has 0 atom stereocenters. The highest BCUT2D eigenvalue weighted by atomic mass is 35.5. The number of rotatable bonds is 6. The largest absolute Gasteiger partial charge is 0.508 e. The Morgan fingerprint density at radius 2 is 1.78 bits per heavy atom. The van der Waals surface area contributed by atoms with E-state index in [4.69, 9.17) is 16.6 Å². The molecule has 2 N–H and O–H groups in total. The van der Waals surface area contributed by atoms with Crippen LogP contribution in [0.4, 0.5) is 0 Å². The Labute approximate surface area is 167 Å². The van der Waals surface area contributed by atoms with Crippen molar-refractivity contribution in [2.45, 2.75) is 13.0 Å². The molecule has 27 heavy (non-hydrogen) atoms. The van der Waals surface area contributed by atoms with Crippen LogP contribution in [0.25, 0.3) is 20.8 Å². The van der Waals surface area contributed by atoms with Crippen LogP contribution in [0.3, 0.4) is 0 Å². The summed E-state index contributed by atoms with van der Waals surface area (Å²) >= 11 is 7.86. The molecular formula is C22H19ClN2OS. The number of phenols is 1. The zero-order valence-electron chi connectivity index (χ0n) is 14.7. The molecule has 0 aliphatic heterocycles. The van der Waals surface area contributed by atoms with Crippen molar-refractivity contribution in [1.82, 2.24) is 10.3 Å². The fourth-order valence-electron chi connectivity index (χ4n) is 3.00. The number of para-hydroxylation sites is 1. The van der Waals surface area contributed by atoms with Gasteiger partial charge in [-0.05, 0) is 54.9 Å². The van der Waals surface area contributed by atoms with Crippen LogP contribution in [-0.4, -0.2) is 16.6 Å². The van der Waals surface area contributed by atoms with E-state index in [1.807, 2.05) is 54.6 Å². The third-order valence-corrected chi connectivity index (χ3v) is 5.92. The average Bonchev–Trinajstić information content (AvgIpc) is 3.12. The Morgan fingerprint density at radius 1 is 0.963 bits per heavy atom. The summed E-state index contributed by atoms with van der Waals surface area (Å²) in [6, 6.07) is 21.7. The Balaban J connectivity index is 1.45. The number of fused-ring (bicyclic) bond motifs is 1. The number of halogens is 1. The van der Waals surface area contributed by atoms with Crippen LogP contribution in [0, 0.1) is 0 Å². The van der Waals surface area contributed by atoms with Crippen LogP contribution in [0.2, 0.25) is 5.02 Å². The van der Waals surface area contributed by atoms with Gasteiger partial charge in [0.15, 0.2) is 0 Å². The maximum absolute atomic E-state index is 10.2. The highest BCUT2D eigenvalue weighted by Gasteiger charge is 2.09. The van der Waals surface area contributed by atoms with E-state index in [-0.39, 0.29) is 0 Å². The molecule has 5 heteroatoms. The van der Waals surface area contributed by atoms with Crippen LogP contribution in [0.1, 0.15) is 11.1 Å². The lowest BCUT2D eigenvalue weighted by molar-refractivity contribution is 0.464. The Hall–Kier alpha value is -2.40. The Bertz CT molecular complexity index is 1040. The number of aromatic hydroxyl groups is 1. The van der Waals surface area contributed by atoms with Gasteiger partial charge in [0, 0.05) is 22.7 Å². The van der Waals surface area contributed by atoms with Gasteiger partial charge in [-0.3, -0.25) is 0 Å². The molecule has 3 aromatic carbocycles. The van der Waals surface area contributed by atoms with E-state index in [0.717, 1.165) is 45.2 Å². The van der Waals surface area contributed by atoms with Gasteiger partial charge in [-0.1, -0.05) is 41.9 Å². The smallest absolute Gasteiger partial charge is 0.124 e. The number of nitrogens with zero attached hydrogens (tertiary/aromatic N) is 1. The summed E-state index contributed by atoms with van der Waals surface area (Å²) in [5.74, 6) is 0.296. The topological polar surface area (TPSA) is 45.2 Å². The minimum atomic E-state index is 0.296. The van der Waals surface area contributed by atoms with Crippen molar-refractivity contribution in [2.75, 3.05) is 6.54 Å². The van der Waals surface area contributed by atoms with Crippen molar-refractivity contribution in [3.05, 3.63) is 82.9 Å². The molecule has 0 saturated heterocycles. The van der Waals surface area contributed by atoms with Gasteiger partial charge < -0.3 is 10.4 Å². The van der Waals surface area contributed by atoms with Gasteiger partial charge in [-0.2, -0.15) is 0 Å². The molecule has 4 rings (SSSR count). The SMILES string of the molecule is Oc1ccc(-c2nc3ccccc3s2)cc1CNCCc1ccccc1Cl. The molecule has 0 fully saturated rings. The van der Waals surface area contributed by atoms with Crippen LogP contribution in [0.5, 0.6) is 5.75 Å². The van der Waals surface area contributed by atoms with Gasteiger partial charge in [-0.15, -0.1) is 11.3 Å². The zero-order valence-corrected chi connectivity index (χ0v) is 16.2. The first-order chi connectivity index (χ1) is 13.2. The summed E-state index contributed by atoms with van der Waals surface area (Å²) in [5, 5.41) is 15.3. The number of nitrogens with one attached hydrogen (secondary N) is 1. The van der Waals surface area contributed by atoms with E-state index >= 15 is 0 Å². The predicted octanol–water partition coefficient (Wildman–Crippen LogP) is 5.65. The normalized spacial score (nSPS) is 11.1. The summed E-state index contributed by atoms with van der Waals surface area (Å²) in [4.78, 5) is 4.70. The number of thiazole rings is 1. The van der Waals surface area contributed by atoms with Crippen LogP contribution >= 0.6 is 22.9 Å². The van der Waals surface area contributed by atoms with Crippen molar-refractivity contribution in [3.63, 3.8) is 0 Å². The highest BCUT2D eigenvalue weighted by molar-refractivity contribution is 7.21. The van der Waals surface area contributed by atoms with E-state index in [0.29, 0.717) is 12.3 Å². The van der Waals surface area contributed by atoms with E-state index in [1.165, 1.54) is 4.70 Å². The molecule has 0 saturated carbocycles. The molecule has 0 aliphatic rings. The summed E-state index contributed by atoms with van der Waals surface area (Å²) in [6.45, 7) is 1.38. The summed E-state index contributed by atoms with van der Waals surface area (Å²) < 4.78 is 1.17. The first-order valence-electron chi connectivity index (χ1n) is 8.82. The summed E-state index contributed by atoms with van der Waals surface area (Å²) in [6.07, 6.45) is 0.845. The Kier molecular flexibility index (Phi) is 5.39. The monoisotopic (exact) mass is 394 g/mol. The van der Waals surface area contributed by atoms with Crippen LogP contribution in [0.15, 0.2) is 66.7 Å². The lowest BCUT2D eigenvalue weighted by Crippen LogP contribution is -2.17. The maximum atomic E-state index is 10.2. The molecule has 0 unspecified atom stereocenters. The van der Waals surface area contributed by atoms with Crippen molar-refractivity contribution in [3.8, 4) is 16.3 Å². The fourth-order valence-corrected chi connectivity index (χ4v) is 4.20. The number of aromatic nitrogens is 1. The molecule has 136 valence electrons. The molecular weight excluding hydrogens is 376 g/mol. The van der Waals surface area contributed by atoms with Crippen molar-refractivity contribution in [2.24, 2.45) is 0 Å². The number of benzene rings is 3. The first kappa shape index (κ1) is 18.0. The third kappa shape index (κ3) is 4.14. The van der Waals surface area contributed by atoms with Crippen molar-refractivity contribution >= 4 is 33.2 Å². The summed E-state index contributed by atoms with van der Waals surface area (Å²) in [7, 11) is 0. The van der Waals surface area contributed by atoms with Crippen LogP contribution in [-0.2, 0) is 13.0 Å². The van der Waals surface area contributed by atoms with Crippen LogP contribution < -0.4 is 5.32 Å². The standard InChI is InChI=1S/C22H19ClN2OS/c23-18-6-2-1-5-15(18)11-12-24-14-17-13-16(9-10-20(17)26)22-25-19-7-3-4-8-21(19)27-22/h1-10,13,24,26H,11-12,14H2. The van der Waals surface area contributed by atoms with Crippen molar-refractivity contribution < 1.29 is 5.11 Å². The average molecular weight is 395 g/mol. The first-order valence-corrected chi connectivity index (χ1v) is 10.0. The molecule has 4 aromatic rings. The van der Waals surface area contributed by atoms with Crippen molar-refractivity contribution in [1.29, 1.82) is 0 Å². The lowest BCUT2D eigenvalue weighted by atomic mass is 10.1. The molecule has 0 spiro atoms. The van der Waals surface area contributed by atoms with Gasteiger partial charge in [0.25, 0.3) is 0 Å². The number of hydrogen-bond donors (Lipinski definition) is 2. The maximum Gasteiger partial charge on any atom is 0.124 e. The van der Waals surface area contributed by atoms with E-state index in [9.17, 15) is 5.11 Å². The second kappa shape index (κ2) is 8.09. The van der Waals surface area contributed by atoms with E-state index in [1.54, 1.807) is 17.4 Å². The zero-order chi connectivity index (χ0) is 18.6. The van der Waals surface area contributed by atoms with Gasteiger partial charge in [0.2, 0.25) is 0 Å². The molecule has 1 heterocycles. The third-order valence-electron chi connectivity index (χ3n) is 4.46. The number of hydrogen-bond acceptors (Lipinski definition) is 4. The second-order valence-electron chi connectivity index (χ2n) is 6.35. The minimum Gasteiger partial charge on any atom is -0.508 e. The Morgan fingerprint density at radius 3 is 2.63 bits per heavy atom. The van der Waals surface area contributed by atoms with Gasteiger partial charge in [-0.25, -0.2) is 4.98 Å². The molecule has 0 radical (unpaired) electrons. The molecule has 3 nitrogen and oxygen atoms in total. The lowest BCUT2D eigenvalue weighted by Gasteiger charge is -2.09. The number of phenolic OH excluding ortho intramolecular Hbond substituents is 1. The molecule has 0 amide bonds. The minimum absolute atomic E-state index is 0.296. The fraction of sp³-hybridized carbons (Fsp3) is 0.136.